The van der Waals surface area contributed by atoms with Gasteiger partial charge in [-0.2, -0.15) is 5.10 Å². The highest BCUT2D eigenvalue weighted by atomic mass is 35.5. The molecule has 1 amide bonds. The van der Waals surface area contributed by atoms with E-state index in [9.17, 15) is 14.9 Å². The molecule has 1 N–H and O–H groups in total. The van der Waals surface area contributed by atoms with Crippen molar-refractivity contribution in [1.29, 1.82) is 0 Å². The Labute approximate surface area is 165 Å². The topological polar surface area (TPSA) is 112 Å². The lowest BCUT2D eigenvalue weighted by molar-refractivity contribution is -0.384. The molecule has 1 aromatic carbocycles. The summed E-state index contributed by atoms with van der Waals surface area (Å²) in [4.78, 5) is 27.1. The van der Waals surface area contributed by atoms with E-state index >= 15 is 0 Å². The van der Waals surface area contributed by atoms with Crippen molar-refractivity contribution in [3.8, 4) is 11.5 Å². The number of benzene rings is 1. The smallest absolute Gasteiger partial charge is 0.275 e. The SMILES string of the molecule is Cc1nn(C(C)C(=O)Nc2cc(Oc3cccnc3)cc([N+](=O)[O-])c2)cc1Cl. The largest absolute Gasteiger partial charge is 0.455 e. The Morgan fingerprint density at radius 2 is 2.14 bits per heavy atom. The summed E-state index contributed by atoms with van der Waals surface area (Å²) in [5.74, 6) is 0.199. The second-order valence-electron chi connectivity index (χ2n) is 5.97. The number of carbonyl (C=O) groups excluding carboxylic acids is 1. The lowest BCUT2D eigenvalue weighted by atomic mass is 10.2. The van der Waals surface area contributed by atoms with Gasteiger partial charge in [-0.15, -0.1) is 0 Å². The van der Waals surface area contributed by atoms with Gasteiger partial charge in [0.05, 0.1) is 33.6 Å². The maximum absolute atomic E-state index is 12.5. The van der Waals surface area contributed by atoms with Gasteiger partial charge in [0.1, 0.15) is 17.5 Å². The predicted molar refractivity (Wildman–Crippen MR) is 103 cm³/mol. The second-order valence-corrected chi connectivity index (χ2v) is 6.38. The van der Waals surface area contributed by atoms with Gasteiger partial charge in [-0.25, -0.2) is 0 Å². The van der Waals surface area contributed by atoms with Crippen LogP contribution >= 0.6 is 11.6 Å². The minimum atomic E-state index is -0.673. The fraction of sp³-hybridized carbons (Fsp3) is 0.167. The van der Waals surface area contributed by atoms with Crippen LogP contribution in [0.3, 0.4) is 0 Å². The Morgan fingerprint density at radius 3 is 2.75 bits per heavy atom. The Balaban J connectivity index is 1.83. The Morgan fingerprint density at radius 1 is 1.36 bits per heavy atom. The molecule has 3 aromatic rings. The van der Waals surface area contributed by atoms with E-state index in [1.54, 1.807) is 38.4 Å². The highest BCUT2D eigenvalue weighted by Crippen LogP contribution is 2.30. The highest BCUT2D eigenvalue weighted by molar-refractivity contribution is 6.31. The van der Waals surface area contributed by atoms with Gasteiger partial charge in [0.2, 0.25) is 5.91 Å². The quantitative estimate of drug-likeness (QED) is 0.490. The zero-order valence-corrected chi connectivity index (χ0v) is 15.8. The molecule has 28 heavy (non-hydrogen) atoms. The van der Waals surface area contributed by atoms with Crippen LogP contribution in [-0.4, -0.2) is 25.6 Å². The minimum absolute atomic E-state index is 0.197. The van der Waals surface area contributed by atoms with Gasteiger partial charge in [0.15, 0.2) is 0 Å². The molecule has 0 fully saturated rings. The number of pyridine rings is 1. The van der Waals surface area contributed by atoms with E-state index in [0.717, 1.165) is 0 Å². The van der Waals surface area contributed by atoms with Crippen molar-refractivity contribution in [1.82, 2.24) is 14.8 Å². The zero-order chi connectivity index (χ0) is 20.3. The number of halogens is 1. The zero-order valence-electron chi connectivity index (χ0n) is 15.0. The van der Waals surface area contributed by atoms with Gasteiger partial charge in [-0.05, 0) is 26.0 Å². The number of aromatic nitrogens is 3. The number of hydrogen-bond acceptors (Lipinski definition) is 6. The molecule has 2 aromatic heterocycles. The van der Waals surface area contributed by atoms with E-state index < -0.39 is 16.9 Å². The third-order valence-electron chi connectivity index (χ3n) is 3.87. The summed E-state index contributed by atoms with van der Waals surface area (Å²) in [7, 11) is 0. The molecule has 0 radical (unpaired) electrons. The molecule has 0 bridgehead atoms. The average Bonchev–Trinajstić information content (AvgIpc) is 3.00. The maximum atomic E-state index is 12.5. The number of aryl methyl sites for hydroxylation is 1. The molecule has 0 aliphatic heterocycles. The summed E-state index contributed by atoms with van der Waals surface area (Å²) in [6.07, 6.45) is 4.60. The van der Waals surface area contributed by atoms with Crippen molar-refractivity contribution in [2.24, 2.45) is 0 Å². The first-order valence-electron chi connectivity index (χ1n) is 8.23. The van der Waals surface area contributed by atoms with Gasteiger partial charge in [0, 0.05) is 24.5 Å². The minimum Gasteiger partial charge on any atom is -0.455 e. The number of nitro groups is 1. The summed E-state index contributed by atoms with van der Waals surface area (Å²) >= 11 is 5.98. The van der Waals surface area contributed by atoms with Crippen LogP contribution < -0.4 is 10.1 Å². The van der Waals surface area contributed by atoms with Crippen LogP contribution in [0.25, 0.3) is 0 Å². The van der Waals surface area contributed by atoms with Crippen molar-refractivity contribution in [3.63, 3.8) is 0 Å². The van der Waals surface area contributed by atoms with E-state index in [1.807, 2.05) is 0 Å². The predicted octanol–water partition coefficient (Wildman–Crippen LogP) is 4.14. The lowest BCUT2D eigenvalue weighted by Crippen LogP contribution is -2.24. The fourth-order valence-electron chi connectivity index (χ4n) is 2.39. The molecule has 0 saturated heterocycles. The summed E-state index contributed by atoms with van der Waals surface area (Å²) in [6.45, 7) is 3.37. The van der Waals surface area contributed by atoms with Crippen LogP contribution in [0.2, 0.25) is 5.02 Å². The standard InChI is InChI=1S/C18H16ClN5O4/c1-11-17(19)10-23(22-11)12(2)18(25)21-13-6-14(24(26)27)8-16(7-13)28-15-4-3-5-20-9-15/h3-10,12H,1-2H3,(H,21,25). The molecule has 10 heteroatoms. The van der Waals surface area contributed by atoms with Crippen LogP contribution in [0.5, 0.6) is 11.5 Å². The number of carbonyl (C=O) groups is 1. The van der Waals surface area contributed by atoms with Gasteiger partial charge in [-0.3, -0.25) is 24.6 Å². The molecular weight excluding hydrogens is 386 g/mol. The monoisotopic (exact) mass is 401 g/mol. The third kappa shape index (κ3) is 4.44. The van der Waals surface area contributed by atoms with Gasteiger partial charge >= 0.3 is 0 Å². The maximum Gasteiger partial charge on any atom is 0.275 e. The molecule has 1 unspecified atom stereocenters. The molecule has 144 valence electrons. The summed E-state index contributed by atoms with van der Waals surface area (Å²) < 4.78 is 7.03. The number of rotatable bonds is 6. The van der Waals surface area contributed by atoms with E-state index in [4.69, 9.17) is 16.3 Å². The number of amides is 1. The average molecular weight is 402 g/mol. The van der Waals surface area contributed by atoms with Crippen molar-refractivity contribution >= 4 is 28.9 Å². The summed E-state index contributed by atoms with van der Waals surface area (Å²) in [5, 5.41) is 18.5. The Hall–Kier alpha value is -3.46. The van der Waals surface area contributed by atoms with Crippen LogP contribution in [0.1, 0.15) is 18.7 Å². The van der Waals surface area contributed by atoms with Crippen molar-refractivity contribution in [2.45, 2.75) is 19.9 Å². The van der Waals surface area contributed by atoms with Crippen molar-refractivity contribution in [2.75, 3.05) is 5.32 Å². The number of hydrogen-bond donors (Lipinski definition) is 1. The Bertz CT molecular complexity index is 1000. The molecule has 0 aliphatic rings. The van der Waals surface area contributed by atoms with Crippen LogP contribution in [0, 0.1) is 17.0 Å². The third-order valence-corrected chi connectivity index (χ3v) is 4.24. The van der Waals surface area contributed by atoms with Crippen molar-refractivity contribution < 1.29 is 14.5 Å². The van der Waals surface area contributed by atoms with E-state index in [2.05, 4.69) is 15.4 Å². The number of nitrogens with one attached hydrogen (secondary N) is 1. The van der Waals surface area contributed by atoms with E-state index in [1.165, 1.54) is 29.1 Å². The molecule has 0 aliphatic carbocycles. The first kappa shape index (κ1) is 19.3. The molecule has 0 saturated carbocycles. The molecule has 2 heterocycles. The molecule has 3 rings (SSSR count). The number of nitro benzene ring substituents is 1. The summed E-state index contributed by atoms with van der Waals surface area (Å²) in [5.41, 5.74) is 0.603. The van der Waals surface area contributed by atoms with Gasteiger partial charge in [0.25, 0.3) is 5.69 Å². The van der Waals surface area contributed by atoms with Crippen LogP contribution in [0.4, 0.5) is 11.4 Å². The molecule has 0 spiro atoms. The Kier molecular flexibility index (Phi) is 5.55. The van der Waals surface area contributed by atoms with Crippen molar-refractivity contribution in [3.05, 3.63) is 69.8 Å². The number of nitrogens with zero attached hydrogens (tertiary/aromatic N) is 4. The first-order chi connectivity index (χ1) is 13.3. The molecule has 9 nitrogen and oxygen atoms in total. The molecule has 1 atom stereocenters. The second kappa shape index (κ2) is 8.05. The number of ether oxygens (including phenoxy) is 1. The van der Waals surface area contributed by atoms with Crippen LogP contribution in [-0.2, 0) is 4.79 Å². The van der Waals surface area contributed by atoms with Gasteiger partial charge in [-0.1, -0.05) is 11.6 Å². The summed E-state index contributed by atoms with van der Waals surface area (Å²) in [6, 6.07) is 6.68. The number of non-ortho nitro benzene ring substituents is 1. The van der Waals surface area contributed by atoms with Gasteiger partial charge < -0.3 is 10.1 Å². The normalized spacial score (nSPS) is 11.7. The van der Waals surface area contributed by atoms with E-state index in [-0.39, 0.29) is 17.1 Å². The van der Waals surface area contributed by atoms with E-state index in [0.29, 0.717) is 16.5 Å². The van der Waals surface area contributed by atoms with Crippen LogP contribution in [0.15, 0.2) is 48.9 Å². The highest BCUT2D eigenvalue weighted by Gasteiger charge is 2.19. The lowest BCUT2D eigenvalue weighted by Gasteiger charge is -2.13. The first-order valence-corrected chi connectivity index (χ1v) is 8.61. The molecular formula is C18H16ClN5O4. The number of anilines is 1. The fourth-order valence-corrected chi connectivity index (χ4v) is 2.53.